The fraction of sp³-hybridized carbons (Fsp3) is 0.382. The summed E-state index contributed by atoms with van der Waals surface area (Å²) >= 11 is 0. The lowest BCUT2D eigenvalue weighted by Crippen LogP contribution is -2.35. The second kappa shape index (κ2) is 15.5. The van der Waals surface area contributed by atoms with Crippen molar-refractivity contribution in [1.82, 2.24) is 0 Å². The molecule has 2 aliphatic carbocycles. The molecule has 2 atom stereocenters. The van der Waals surface area contributed by atoms with Gasteiger partial charge in [-0.1, -0.05) is 120 Å². The van der Waals surface area contributed by atoms with Crippen molar-refractivity contribution in [3.8, 4) is 0 Å². The molecule has 296 valence electrons. The number of nitrogens with zero attached hydrogens (tertiary/aromatic N) is 2. The van der Waals surface area contributed by atoms with Gasteiger partial charge in [-0.3, -0.25) is 0 Å². The summed E-state index contributed by atoms with van der Waals surface area (Å²) in [6, 6.07) is 39.5. The fourth-order valence-electron chi connectivity index (χ4n) is 10.3. The Hall–Kier alpha value is -4.82. The fourth-order valence-corrected chi connectivity index (χ4v) is 10.3. The van der Waals surface area contributed by atoms with E-state index in [1.165, 1.54) is 78.5 Å². The molecule has 1 fully saturated rings. The van der Waals surface area contributed by atoms with Crippen molar-refractivity contribution in [2.24, 2.45) is 16.7 Å². The number of anilines is 5. The first-order valence-electron chi connectivity index (χ1n) is 21.4. The van der Waals surface area contributed by atoms with Crippen molar-refractivity contribution < 1.29 is 0 Å². The van der Waals surface area contributed by atoms with Gasteiger partial charge in [-0.25, -0.2) is 0 Å². The molecular formula is C55H66N2. The predicted molar refractivity (Wildman–Crippen MR) is 247 cm³/mol. The number of hydrogen-bond donors (Lipinski definition) is 0. The number of rotatable bonds is 11. The number of benzene rings is 5. The molecule has 0 aliphatic heterocycles. The van der Waals surface area contributed by atoms with Crippen molar-refractivity contribution in [3.63, 3.8) is 0 Å². The lowest BCUT2D eigenvalue weighted by atomic mass is 9.63. The van der Waals surface area contributed by atoms with Gasteiger partial charge in [0.2, 0.25) is 0 Å². The van der Waals surface area contributed by atoms with Gasteiger partial charge in [0.05, 0.1) is 5.54 Å². The van der Waals surface area contributed by atoms with Crippen LogP contribution in [0, 0.1) is 51.4 Å². The summed E-state index contributed by atoms with van der Waals surface area (Å²) in [5.74, 6) is 1.03. The molecule has 2 unspecified atom stereocenters. The molecular weight excluding hydrogens is 689 g/mol. The first kappa shape index (κ1) is 40.4. The van der Waals surface area contributed by atoms with Gasteiger partial charge >= 0.3 is 0 Å². The van der Waals surface area contributed by atoms with Crippen molar-refractivity contribution >= 4 is 28.4 Å². The highest BCUT2D eigenvalue weighted by Crippen LogP contribution is 2.58. The van der Waals surface area contributed by atoms with Gasteiger partial charge in [0, 0.05) is 34.4 Å². The van der Waals surface area contributed by atoms with Crippen LogP contribution in [0.2, 0.25) is 0 Å². The summed E-state index contributed by atoms with van der Waals surface area (Å²) in [6.45, 7) is 27.7. The van der Waals surface area contributed by atoms with Crippen LogP contribution in [0.5, 0.6) is 0 Å². The molecule has 2 aliphatic rings. The Kier molecular flexibility index (Phi) is 11.0. The monoisotopic (exact) mass is 755 g/mol. The maximum atomic E-state index is 2.63. The quantitative estimate of drug-likeness (QED) is 0.132. The number of hydrogen-bond acceptors (Lipinski definition) is 2. The second-order valence-electron chi connectivity index (χ2n) is 19.7. The first-order valence-corrected chi connectivity index (χ1v) is 21.4. The highest BCUT2D eigenvalue weighted by molar-refractivity contribution is 5.83. The zero-order valence-electron chi connectivity index (χ0n) is 36.9. The highest BCUT2D eigenvalue weighted by Gasteiger charge is 2.57. The van der Waals surface area contributed by atoms with Crippen molar-refractivity contribution in [2.45, 2.75) is 120 Å². The lowest BCUT2D eigenvalue weighted by Gasteiger charge is -2.41. The van der Waals surface area contributed by atoms with Crippen molar-refractivity contribution in [2.75, 3.05) is 9.80 Å². The molecule has 5 aromatic rings. The third-order valence-electron chi connectivity index (χ3n) is 12.6. The maximum absolute atomic E-state index is 2.63. The van der Waals surface area contributed by atoms with E-state index in [1.807, 2.05) is 0 Å². The van der Waals surface area contributed by atoms with E-state index in [-0.39, 0.29) is 16.4 Å². The SMILES string of the molecule is CC1=CC2CC2(N(c2cccc(C)c2)c2cc(C)c(N(c3cccc(C)c3)c3ccc(CCCc4ccc(C(C(C)(C)C)C(C)(C)C)cc4)c(C)c3)cc2C)C=C1. The molecule has 2 heteroatoms. The summed E-state index contributed by atoms with van der Waals surface area (Å²) in [7, 11) is 0. The van der Waals surface area contributed by atoms with E-state index in [9.17, 15) is 0 Å². The Balaban J connectivity index is 1.17. The van der Waals surface area contributed by atoms with Crippen LogP contribution in [0.15, 0.2) is 127 Å². The first-order chi connectivity index (χ1) is 26.9. The molecule has 5 aromatic carbocycles. The minimum atomic E-state index is -0.0276. The molecule has 0 bridgehead atoms. The molecule has 57 heavy (non-hydrogen) atoms. The molecule has 0 radical (unpaired) electrons. The smallest absolute Gasteiger partial charge is 0.0706 e. The molecule has 0 heterocycles. The summed E-state index contributed by atoms with van der Waals surface area (Å²) < 4.78 is 0. The van der Waals surface area contributed by atoms with Crippen LogP contribution in [-0.4, -0.2) is 5.54 Å². The Bertz CT molecular complexity index is 2290. The minimum Gasteiger partial charge on any atom is -0.331 e. The van der Waals surface area contributed by atoms with Gasteiger partial charge < -0.3 is 9.80 Å². The Morgan fingerprint density at radius 2 is 1.21 bits per heavy atom. The van der Waals surface area contributed by atoms with Crippen LogP contribution < -0.4 is 9.80 Å². The molecule has 7 rings (SSSR count). The summed E-state index contributed by atoms with van der Waals surface area (Å²) in [6.07, 6.45) is 11.7. The zero-order chi connectivity index (χ0) is 40.9. The van der Waals surface area contributed by atoms with Gasteiger partial charge in [0.25, 0.3) is 0 Å². The molecule has 2 nitrogen and oxygen atoms in total. The topological polar surface area (TPSA) is 6.48 Å². The molecule has 0 N–H and O–H groups in total. The van der Waals surface area contributed by atoms with E-state index in [0.29, 0.717) is 11.8 Å². The number of aryl methyl sites for hydroxylation is 7. The minimum absolute atomic E-state index is 0.0276. The van der Waals surface area contributed by atoms with E-state index in [0.717, 1.165) is 25.7 Å². The van der Waals surface area contributed by atoms with Gasteiger partial charge in [0.15, 0.2) is 0 Å². The standard InChI is InChI=1S/C55H66N2/c1-37-16-13-20-47(31-37)56(48-27-26-44(40(4)33-48)19-15-18-43-22-24-45(25-23-43)52(53(7,8)9)54(10,11)12)50-34-42(6)51(35-41(50)5)57(49-21-14-17-38(2)32-49)55-29-28-39(3)30-46(55)36-55/h13-14,16-17,20-35,46,52H,15,18-19,36H2,1-12H3. The maximum Gasteiger partial charge on any atom is 0.0706 e. The summed E-state index contributed by atoms with van der Waals surface area (Å²) in [5.41, 5.74) is 18.7. The third kappa shape index (κ3) is 8.43. The molecule has 0 spiro atoms. The van der Waals surface area contributed by atoms with Crippen molar-refractivity contribution in [1.29, 1.82) is 0 Å². The van der Waals surface area contributed by atoms with Crippen LogP contribution >= 0.6 is 0 Å². The highest BCUT2D eigenvalue weighted by atomic mass is 15.3. The lowest BCUT2D eigenvalue weighted by molar-refractivity contribution is 0.176. The van der Waals surface area contributed by atoms with Crippen LogP contribution in [0.4, 0.5) is 28.4 Å². The Morgan fingerprint density at radius 1 is 0.614 bits per heavy atom. The van der Waals surface area contributed by atoms with E-state index in [2.05, 4.69) is 214 Å². The normalized spacial score (nSPS) is 17.7. The van der Waals surface area contributed by atoms with Gasteiger partial charge in [-0.2, -0.15) is 0 Å². The predicted octanol–water partition coefficient (Wildman–Crippen LogP) is 15.5. The zero-order valence-corrected chi connectivity index (χ0v) is 36.9. The average molecular weight is 755 g/mol. The van der Waals surface area contributed by atoms with Crippen LogP contribution in [0.1, 0.15) is 112 Å². The average Bonchev–Trinajstić information content (AvgIpc) is 3.85. The Labute approximate surface area is 345 Å². The van der Waals surface area contributed by atoms with Gasteiger partial charge in [-0.05, 0) is 177 Å². The molecule has 1 saturated carbocycles. The van der Waals surface area contributed by atoms with Gasteiger partial charge in [0.1, 0.15) is 0 Å². The third-order valence-corrected chi connectivity index (χ3v) is 12.6. The van der Waals surface area contributed by atoms with Crippen LogP contribution in [0.25, 0.3) is 0 Å². The van der Waals surface area contributed by atoms with Crippen molar-refractivity contribution in [3.05, 3.63) is 171 Å². The van der Waals surface area contributed by atoms with Crippen LogP contribution in [0.3, 0.4) is 0 Å². The molecule has 0 saturated heterocycles. The summed E-state index contributed by atoms with van der Waals surface area (Å²) in [5, 5.41) is 0. The Morgan fingerprint density at radius 3 is 1.82 bits per heavy atom. The van der Waals surface area contributed by atoms with Crippen LogP contribution in [-0.2, 0) is 12.8 Å². The van der Waals surface area contributed by atoms with E-state index in [1.54, 1.807) is 0 Å². The van der Waals surface area contributed by atoms with Gasteiger partial charge in [-0.15, -0.1) is 0 Å². The molecule has 0 amide bonds. The number of fused-ring (bicyclic) bond motifs is 1. The van der Waals surface area contributed by atoms with E-state index in [4.69, 9.17) is 0 Å². The van der Waals surface area contributed by atoms with E-state index < -0.39 is 0 Å². The number of allylic oxidation sites excluding steroid dienone is 2. The molecule has 0 aromatic heterocycles. The van der Waals surface area contributed by atoms with E-state index >= 15 is 0 Å². The summed E-state index contributed by atoms with van der Waals surface area (Å²) in [4.78, 5) is 5.11. The second-order valence-corrected chi connectivity index (χ2v) is 19.7. The largest absolute Gasteiger partial charge is 0.331 e.